The Morgan fingerprint density at radius 2 is 2.00 bits per heavy atom. The Balaban J connectivity index is 3.07. The number of hydrogen-bond donors (Lipinski definition) is 0. The quantitative estimate of drug-likeness (QED) is 0.488. The van der Waals surface area contributed by atoms with Crippen molar-refractivity contribution in [1.82, 2.24) is 4.98 Å². The van der Waals surface area contributed by atoms with Crippen molar-refractivity contribution in [3.8, 4) is 0 Å². The molecule has 0 aliphatic heterocycles. The average Bonchev–Trinajstić information content (AvgIpc) is 2.18. The molecule has 0 unspecified atom stereocenters. The average molecular weight is 309 g/mol. The second-order valence-electron chi connectivity index (χ2n) is 2.86. The fourth-order valence-electron chi connectivity index (χ4n) is 1.20. The third-order valence-electron chi connectivity index (χ3n) is 2.20. The van der Waals surface area contributed by atoms with Gasteiger partial charge < -0.3 is 4.57 Å². The van der Waals surface area contributed by atoms with Gasteiger partial charge in [-0.05, 0) is 34.7 Å². The summed E-state index contributed by atoms with van der Waals surface area (Å²) in [4.78, 5) is 4.16. The standard InChI is InChI=1S/C9H13INOP/c1-3-13(12,4-2)8-5-6-9(10)11-7-8/h5-7H,3-4H2,1-2H3. The van der Waals surface area contributed by atoms with E-state index in [-0.39, 0.29) is 0 Å². The number of halogens is 1. The van der Waals surface area contributed by atoms with Crippen molar-refractivity contribution in [1.29, 1.82) is 0 Å². The Morgan fingerprint density at radius 3 is 2.38 bits per heavy atom. The summed E-state index contributed by atoms with van der Waals surface area (Å²) < 4.78 is 13.2. The molecule has 0 saturated carbocycles. The normalized spacial score (nSPS) is 11.6. The van der Waals surface area contributed by atoms with Gasteiger partial charge in [-0.25, -0.2) is 4.98 Å². The van der Waals surface area contributed by atoms with E-state index in [1.54, 1.807) is 6.20 Å². The van der Waals surface area contributed by atoms with Gasteiger partial charge in [0, 0.05) is 23.8 Å². The van der Waals surface area contributed by atoms with Crippen LogP contribution in [0.3, 0.4) is 0 Å². The first-order chi connectivity index (χ1) is 6.12. The Bertz CT molecular complexity index is 315. The van der Waals surface area contributed by atoms with E-state index in [0.29, 0.717) is 0 Å². The summed E-state index contributed by atoms with van der Waals surface area (Å²) in [6.07, 6.45) is 3.20. The lowest BCUT2D eigenvalue weighted by Crippen LogP contribution is -2.09. The van der Waals surface area contributed by atoms with E-state index in [2.05, 4.69) is 27.6 Å². The van der Waals surface area contributed by atoms with Crippen LogP contribution in [0.4, 0.5) is 0 Å². The molecule has 0 N–H and O–H groups in total. The van der Waals surface area contributed by atoms with Gasteiger partial charge in [-0.1, -0.05) is 13.8 Å². The van der Waals surface area contributed by atoms with Crippen LogP contribution in [-0.4, -0.2) is 17.3 Å². The number of hydrogen-bond acceptors (Lipinski definition) is 2. The molecule has 0 amide bonds. The molecular formula is C9H13INOP. The van der Waals surface area contributed by atoms with Crippen molar-refractivity contribution in [3.63, 3.8) is 0 Å². The van der Waals surface area contributed by atoms with Crippen LogP contribution < -0.4 is 5.30 Å². The molecule has 1 aromatic heterocycles. The molecule has 0 bridgehead atoms. The maximum Gasteiger partial charge on any atom is 0.116 e. The monoisotopic (exact) mass is 309 g/mol. The maximum atomic E-state index is 12.2. The number of nitrogens with zero attached hydrogens (tertiary/aromatic N) is 1. The lowest BCUT2D eigenvalue weighted by Gasteiger charge is -2.13. The lowest BCUT2D eigenvalue weighted by molar-refractivity contribution is 0.582. The third kappa shape index (κ3) is 2.53. The minimum Gasteiger partial charge on any atom is -0.319 e. The highest BCUT2D eigenvalue weighted by molar-refractivity contribution is 14.1. The van der Waals surface area contributed by atoms with Crippen molar-refractivity contribution in [3.05, 3.63) is 22.0 Å². The van der Waals surface area contributed by atoms with E-state index in [1.165, 1.54) is 0 Å². The first-order valence-electron chi connectivity index (χ1n) is 4.32. The molecule has 0 radical (unpaired) electrons. The molecule has 1 rings (SSSR count). The molecule has 0 aromatic carbocycles. The van der Waals surface area contributed by atoms with Crippen LogP contribution in [-0.2, 0) is 4.57 Å². The predicted octanol–water partition coefficient (Wildman–Crippen LogP) is 2.71. The molecule has 2 nitrogen and oxygen atoms in total. The number of rotatable bonds is 3. The maximum absolute atomic E-state index is 12.2. The molecular weight excluding hydrogens is 296 g/mol. The summed E-state index contributed by atoms with van der Waals surface area (Å²) in [5, 5.41) is 0.915. The summed E-state index contributed by atoms with van der Waals surface area (Å²) in [5.74, 6) is 0. The van der Waals surface area contributed by atoms with Gasteiger partial charge in [0.05, 0.1) is 0 Å². The van der Waals surface area contributed by atoms with Crippen molar-refractivity contribution in [2.24, 2.45) is 0 Å². The van der Waals surface area contributed by atoms with E-state index in [0.717, 1.165) is 21.3 Å². The van der Waals surface area contributed by atoms with E-state index >= 15 is 0 Å². The minimum atomic E-state index is -2.12. The zero-order valence-electron chi connectivity index (χ0n) is 7.83. The van der Waals surface area contributed by atoms with Gasteiger partial charge in [0.25, 0.3) is 0 Å². The van der Waals surface area contributed by atoms with Gasteiger partial charge >= 0.3 is 0 Å². The van der Waals surface area contributed by atoms with Gasteiger partial charge in [-0.3, -0.25) is 0 Å². The molecule has 4 heteroatoms. The molecule has 0 aliphatic rings. The lowest BCUT2D eigenvalue weighted by atomic mass is 10.5. The molecule has 72 valence electrons. The van der Waals surface area contributed by atoms with Gasteiger partial charge in [-0.2, -0.15) is 0 Å². The second-order valence-corrected chi connectivity index (χ2v) is 7.53. The van der Waals surface area contributed by atoms with Crippen molar-refractivity contribution >= 4 is 35.0 Å². The summed E-state index contributed by atoms with van der Waals surface area (Å²) in [7, 11) is -2.12. The van der Waals surface area contributed by atoms with Crippen molar-refractivity contribution in [2.75, 3.05) is 12.3 Å². The molecule has 1 aromatic rings. The summed E-state index contributed by atoms with van der Waals surface area (Å²) in [6, 6.07) is 3.84. The minimum absolute atomic E-state index is 0.728. The third-order valence-corrected chi connectivity index (χ3v) is 6.09. The fourth-order valence-corrected chi connectivity index (χ4v) is 3.31. The Morgan fingerprint density at radius 1 is 1.38 bits per heavy atom. The highest BCUT2D eigenvalue weighted by Gasteiger charge is 2.19. The fraction of sp³-hybridized carbons (Fsp3) is 0.444. The Hall–Kier alpha value is 0.110. The van der Waals surface area contributed by atoms with E-state index in [1.807, 2.05) is 26.0 Å². The highest BCUT2D eigenvalue weighted by Crippen LogP contribution is 2.42. The summed E-state index contributed by atoms with van der Waals surface area (Å²) >= 11 is 2.15. The summed E-state index contributed by atoms with van der Waals surface area (Å²) in [5.41, 5.74) is 0. The van der Waals surface area contributed by atoms with E-state index in [9.17, 15) is 4.57 Å². The predicted molar refractivity (Wildman–Crippen MR) is 65.3 cm³/mol. The van der Waals surface area contributed by atoms with Gasteiger partial charge in [0.1, 0.15) is 10.8 Å². The molecule has 0 fully saturated rings. The molecule has 1 heterocycles. The van der Waals surface area contributed by atoms with Crippen molar-refractivity contribution in [2.45, 2.75) is 13.8 Å². The SMILES string of the molecule is CCP(=O)(CC)c1ccc(I)nc1. The van der Waals surface area contributed by atoms with Crippen LogP contribution in [0, 0.1) is 3.70 Å². The Labute approximate surface area is 92.7 Å². The molecule has 0 spiro atoms. The van der Waals surface area contributed by atoms with Crippen LogP contribution in [0.25, 0.3) is 0 Å². The number of pyridine rings is 1. The second kappa shape index (κ2) is 4.56. The van der Waals surface area contributed by atoms with Crippen LogP contribution in [0.1, 0.15) is 13.8 Å². The van der Waals surface area contributed by atoms with E-state index < -0.39 is 7.14 Å². The molecule has 0 aliphatic carbocycles. The zero-order valence-corrected chi connectivity index (χ0v) is 10.9. The van der Waals surface area contributed by atoms with Crippen molar-refractivity contribution < 1.29 is 4.57 Å². The van der Waals surface area contributed by atoms with Crippen LogP contribution in [0.5, 0.6) is 0 Å². The molecule has 13 heavy (non-hydrogen) atoms. The zero-order chi connectivity index (χ0) is 9.90. The first kappa shape index (κ1) is 11.2. The smallest absolute Gasteiger partial charge is 0.116 e. The van der Waals surface area contributed by atoms with Crippen LogP contribution in [0.15, 0.2) is 18.3 Å². The van der Waals surface area contributed by atoms with Crippen LogP contribution >= 0.6 is 29.7 Å². The van der Waals surface area contributed by atoms with Gasteiger partial charge in [0.15, 0.2) is 0 Å². The van der Waals surface area contributed by atoms with E-state index in [4.69, 9.17) is 0 Å². The topological polar surface area (TPSA) is 30.0 Å². The highest BCUT2D eigenvalue weighted by atomic mass is 127. The Kier molecular flexibility index (Phi) is 3.92. The van der Waals surface area contributed by atoms with Gasteiger partial charge in [0.2, 0.25) is 0 Å². The first-order valence-corrected chi connectivity index (χ1v) is 7.48. The van der Waals surface area contributed by atoms with Crippen LogP contribution in [0.2, 0.25) is 0 Å². The van der Waals surface area contributed by atoms with Gasteiger partial charge in [-0.15, -0.1) is 0 Å². The molecule has 0 saturated heterocycles. The molecule has 0 atom stereocenters. The largest absolute Gasteiger partial charge is 0.319 e. The summed E-state index contributed by atoms with van der Waals surface area (Å²) in [6.45, 7) is 3.95. The number of aromatic nitrogens is 1.